The fourth-order valence-corrected chi connectivity index (χ4v) is 4.48. The van der Waals surface area contributed by atoms with Crippen molar-refractivity contribution in [2.45, 2.75) is 38.9 Å². The van der Waals surface area contributed by atoms with Gasteiger partial charge in [0.2, 0.25) is 0 Å². The van der Waals surface area contributed by atoms with Crippen LogP contribution in [0.5, 0.6) is 0 Å². The Balaban J connectivity index is 1.30. The number of amides is 2. The van der Waals surface area contributed by atoms with Crippen LogP contribution < -0.4 is 10.6 Å². The summed E-state index contributed by atoms with van der Waals surface area (Å²) in [4.78, 5) is 17.5. The molecule has 2 aromatic carbocycles. The quantitative estimate of drug-likeness (QED) is 0.793. The highest BCUT2D eigenvalue weighted by molar-refractivity contribution is 5.74. The molecule has 0 saturated carbocycles. The van der Waals surface area contributed by atoms with Crippen molar-refractivity contribution < 1.29 is 4.79 Å². The van der Waals surface area contributed by atoms with Gasteiger partial charge in [-0.3, -0.25) is 4.90 Å². The Morgan fingerprint density at radius 3 is 2.45 bits per heavy atom. The van der Waals surface area contributed by atoms with Crippen molar-refractivity contribution in [1.82, 2.24) is 20.4 Å². The lowest BCUT2D eigenvalue weighted by Gasteiger charge is -2.34. The molecular weight excluding hydrogens is 360 g/mol. The molecule has 1 aliphatic carbocycles. The second-order valence-corrected chi connectivity index (χ2v) is 8.10. The minimum Gasteiger partial charge on any atom is -0.334 e. The van der Waals surface area contributed by atoms with Gasteiger partial charge in [-0.15, -0.1) is 0 Å². The molecule has 1 aliphatic heterocycles. The lowest BCUT2D eigenvalue weighted by atomic mass is 10.1. The van der Waals surface area contributed by atoms with Gasteiger partial charge in [0, 0.05) is 39.3 Å². The monoisotopic (exact) mass is 392 g/mol. The van der Waals surface area contributed by atoms with Gasteiger partial charge in [-0.25, -0.2) is 4.79 Å². The van der Waals surface area contributed by atoms with Gasteiger partial charge in [0.25, 0.3) is 0 Å². The molecular formula is C24H32N4O. The zero-order chi connectivity index (χ0) is 20.1. The molecule has 0 radical (unpaired) electrons. The van der Waals surface area contributed by atoms with Crippen LogP contribution in [-0.4, -0.2) is 48.6 Å². The van der Waals surface area contributed by atoms with Gasteiger partial charge in [0.1, 0.15) is 0 Å². The first-order valence-corrected chi connectivity index (χ1v) is 10.9. The van der Waals surface area contributed by atoms with E-state index in [2.05, 4.69) is 69.8 Å². The number of benzene rings is 2. The number of carbonyl (C=O) groups excluding carboxylic acids is 1. The van der Waals surface area contributed by atoms with Gasteiger partial charge in [-0.1, -0.05) is 55.5 Å². The average Bonchev–Trinajstić information content (AvgIpc) is 3.16. The molecule has 5 heteroatoms. The highest BCUT2D eigenvalue weighted by Gasteiger charge is 2.23. The van der Waals surface area contributed by atoms with Gasteiger partial charge in [0.15, 0.2) is 0 Å². The number of urea groups is 1. The lowest BCUT2D eigenvalue weighted by molar-refractivity contribution is 0.131. The number of rotatable bonds is 6. The van der Waals surface area contributed by atoms with Gasteiger partial charge in [-0.2, -0.15) is 0 Å². The van der Waals surface area contributed by atoms with E-state index in [1.165, 1.54) is 22.3 Å². The van der Waals surface area contributed by atoms with Crippen molar-refractivity contribution >= 4 is 6.03 Å². The van der Waals surface area contributed by atoms with Crippen LogP contribution in [0.3, 0.4) is 0 Å². The van der Waals surface area contributed by atoms with Crippen LogP contribution in [0, 0.1) is 0 Å². The number of aryl methyl sites for hydroxylation is 1. The molecule has 0 bridgehead atoms. The van der Waals surface area contributed by atoms with Crippen LogP contribution >= 0.6 is 0 Å². The van der Waals surface area contributed by atoms with E-state index in [0.717, 1.165) is 52.1 Å². The number of hydrogen-bond donors (Lipinski definition) is 2. The van der Waals surface area contributed by atoms with Crippen LogP contribution in [0.4, 0.5) is 4.79 Å². The number of piperazine rings is 1. The lowest BCUT2D eigenvalue weighted by Crippen LogP contribution is -2.45. The SMILES string of the molecule is CCN1CCN(Cc2ccccc2CNC(=O)N[C@H]2CCc3ccccc32)CC1. The summed E-state index contributed by atoms with van der Waals surface area (Å²) in [5.41, 5.74) is 5.12. The van der Waals surface area contributed by atoms with Gasteiger partial charge >= 0.3 is 6.03 Å². The molecule has 1 heterocycles. The Labute approximate surface area is 174 Å². The van der Waals surface area contributed by atoms with Crippen molar-refractivity contribution in [3.05, 3.63) is 70.8 Å². The third-order valence-corrected chi connectivity index (χ3v) is 6.30. The minimum absolute atomic E-state index is 0.0851. The van der Waals surface area contributed by atoms with E-state index in [-0.39, 0.29) is 12.1 Å². The Morgan fingerprint density at radius 2 is 1.66 bits per heavy atom. The summed E-state index contributed by atoms with van der Waals surface area (Å²) >= 11 is 0. The van der Waals surface area contributed by atoms with E-state index in [9.17, 15) is 4.79 Å². The van der Waals surface area contributed by atoms with Gasteiger partial charge < -0.3 is 15.5 Å². The molecule has 2 aliphatic rings. The van der Waals surface area contributed by atoms with Crippen LogP contribution in [0.2, 0.25) is 0 Å². The molecule has 1 fully saturated rings. The molecule has 2 aromatic rings. The average molecular weight is 393 g/mol. The van der Waals surface area contributed by atoms with E-state index in [4.69, 9.17) is 0 Å². The third kappa shape index (κ3) is 4.98. The number of likely N-dealkylation sites (N-methyl/N-ethyl adjacent to an activating group) is 1. The van der Waals surface area contributed by atoms with E-state index in [0.29, 0.717) is 6.54 Å². The number of carbonyl (C=O) groups is 1. The topological polar surface area (TPSA) is 47.6 Å². The van der Waals surface area contributed by atoms with E-state index >= 15 is 0 Å². The van der Waals surface area contributed by atoms with Crippen molar-refractivity contribution in [1.29, 1.82) is 0 Å². The van der Waals surface area contributed by atoms with Gasteiger partial charge in [0.05, 0.1) is 6.04 Å². The Bertz CT molecular complexity index is 829. The largest absolute Gasteiger partial charge is 0.334 e. The van der Waals surface area contributed by atoms with E-state index in [1.807, 2.05) is 6.07 Å². The van der Waals surface area contributed by atoms with E-state index in [1.54, 1.807) is 0 Å². The Morgan fingerprint density at radius 1 is 0.966 bits per heavy atom. The molecule has 0 aromatic heterocycles. The number of hydrogen-bond acceptors (Lipinski definition) is 3. The van der Waals surface area contributed by atoms with Crippen LogP contribution in [0.15, 0.2) is 48.5 Å². The van der Waals surface area contributed by atoms with Crippen LogP contribution in [0.25, 0.3) is 0 Å². The first kappa shape index (κ1) is 19.9. The Kier molecular flexibility index (Phi) is 6.47. The molecule has 2 N–H and O–H groups in total. The molecule has 0 unspecified atom stereocenters. The summed E-state index contributed by atoms with van der Waals surface area (Å²) in [7, 11) is 0. The zero-order valence-electron chi connectivity index (χ0n) is 17.4. The van der Waals surface area contributed by atoms with Crippen LogP contribution in [-0.2, 0) is 19.5 Å². The molecule has 1 saturated heterocycles. The summed E-state index contributed by atoms with van der Waals surface area (Å²) in [6.45, 7) is 9.37. The third-order valence-electron chi connectivity index (χ3n) is 6.30. The van der Waals surface area contributed by atoms with Crippen molar-refractivity contribution in [3.63, 3.8) is 0 Å². The van der Waals surface area contributed by atoms with E-state index < -0.39 is 0 Å². The second kappa shape index (κ2) is 9.42. The fraction of sp³-hybridized carbons (Fsp3) is 0.458. The molecule has 4 rings (SSSR count). The van der Waals surface area contributed by atoms with Crippen molar-refractivity contribution in [2.75, 3.05) is 32.7 Å². The van der Waals surface area contributed by atoms with Crippen LogP contribution in [0.1, 0.15) is 41.6 Å². The second-order valence-electron chi connectivity index (χ2n) is 8.10. The molecule has 2 amide bonds. The van der Waals surface area contributed by atoms with Crippen molar-refractivity contribution in [3.8, 4) is 0 Å². The molecule has 29 heavy (non-hydrogen) atoms. The molecule has 1 atom stereocenters. The van der Waals surface area contributed by atoms with Crippen molar-refractivity contribution in [2.24, 2.45) is 0 Å². The number of nitrogens with one attached hydrogen (secondary N) is 2. The molecule has 0 spiro atoms. The zero-order valence-corrected chi connectivity index (χ0v) is 17.4. The fourth-order valence-electron chi connectivity index (χ4n) is 4.48. The maximum atomic E-state index is 12.5. The summed E-state index contributed by atoms with van der Waals surface area (Å²) in [5, 5.41) is 6.23. The highest BCUT2D eigenvalue weighted by atomic mass is 16.2. The first-order chi connectivity index (χ1) is 14.2. The molecule has 154 valence electrons. The summed E-state index contributed by atoms with van der Waals surface area (Å²) in [6.07, 6.45) is 2.02. The summed E-state index contributed by atoms with van der Waals surface area (Å²) in [5.74, 6) is 0. The maximum absolute atomic E-state index is 12.5. The smallest absolute Gasteiger partial charge is 0.315 e. The van der Waals surface area contributed by atoms with Gasteiger partial charge in [-0.05, 0) is 41.6 Å². The minimum atomic E-state index is -0.0851. The normalized spacial score (nSPS) is 19.7. The predicted molar refractivity (Wildman–Crippen MR) is 117 cm³/mol. The highest BCUT2D eigenvalue weighted by Crippen LogP contribution is 2.30. The predicted octanol–water partition coefficient (Wildman–Crippen LogP) is 3.31. The standard InChI is InChI=1S/C24H32N4O/c1-2-27-13-15-28(16-14-27)18-21-9-4-3-8-20(21)17-25-24(29)26-23-12-11-19-7-5-6-10-22(19)23/h3-10,23H,2,11-18H2,1H3,(H2,25,26,29)/t23-/m0/s1. The first-order valence-electron chi connectivity index (χ1n) is 10.9. The maximum Gasteiger partial charge on any atom is 0.315 e. The number of nitrogens with zero attached hydrogens (tertiary/aromatic N) is 2. The summed E-state index contributed by atoms with van der Waals surface area (Å²) in [6, 6.07) is 16.9. The Hall–Kier alpha value is -2.37. The summed E-state index contributed by atoms with van der Waals surface area (Å²) < 4.78 is 0. The number of fused-ring (bicyclic) bond motifs is 1. The molecule has 5 nitrogen and oxygen atoms in total.